The van der Waals surface area contributed by atoms with Crippen LogP contribution in [0.25, 0.3) is 0 Å². The van der Waals surface area contributed by atoms with Crippen molar-refractivity contribution in [2.75, 3.05) is 19.9 Å². The minimum Gasteiger partial charge on any atom is -0.412 e. The minimum absolute atomic E-state index is 0. The van der Waals surface area contributed by atoms with Crippen LogP contribution in [0.2, 0.25) is 0 Å². The fraction of sp³-hybridized carbons (Fsp3) is 0.889. The molecule has 1 unspecified atom stereocenters. The van der Waals surface area contributed by atoms with Crippen LogP contribution in [-0.2, 0) is 0 Å². The van der Waals surface area contributed by atoms with Crippen molar-refractivity contribution in [3.63, 3.8) is 0 Å². The Labute approximate surface area is 181 Å². The lowest BCUT2D eigenvalue weighted by Gasteiger charge is -2.27. The molecule has 0 aromatic carbocycles. The number of nitrogens with zero attached hydrogens (tertiary/aromatic N) is 1. The molecular weight excluding hydrogens is 409 g/mol. The molecule has 1 aliphatic rings. The number of nitrogens with one attached hydrogen (secondary N) is 1. The van der Waals surface area contributed by atoms with Crippen molar-refractivity contribution >= 4 is 24.5 Å². The Morgan fingerprint density at radius 3 is 2.00 bits per heavy atom. The Hall–Kier alpha value is -1.04. The van der Waals surface area contributed by atoms with Gasteiger partial charge in [0.15, 0.2) is 5.67 Å². The van der Waals surface area contributed by atoms with Crippen molar-refractivity contribution in [2.45, 2.75) is 76.8 Å². The number of rotatable bonds is 6. The molecule has 0 bridgehead atoms. The van der Waals surface area contributed by atoms with Crippen molar-refractivity contribution in [1.82, 2.24) is 5.32 Å². The molecule has 0 aromatic rings. The van der Waals surface area contributed by atoms with Crippen LogP contribution >= 0.6 is 12.6 Å². The number of carbonyl (C=O) groups excluding carboxylic acids is 1. The third-order valence-corrected chi connectivity index (χ3v) is 3.89. The Kier molecular flexibility index (Phi) is 20.4. The Balaban J connectivity index is -0.000000141. The second-order valence-corrected chi connectivity index (χ2v) is 8.95. The lowest BCUT2D eigenvalue weighted by Crippen LogP contribution is -2.45. The summed E-state index contributed by atoms with van der Waals surface area (Å²) in [4.78, 5) is 15.0. The van der Waals surface area contributed by atoms with E-state index in [4.69, 9.17) is 11.5 Å². The van der Waals surface area contributed by atoms with Crippen molar-refractivity contribution in [2.24, 2.45) is 22.4 Å². The molecule has 0 aromatic heterocycles. The van der Waals surface area contributed by atoms with Crippen LogP contribution in [0.3, 0.4) is 0 Å². The van der Waals surface area contributed by atoms with E-state index >= 15 is 0 Å². The van der Waals surface area contributed by atoms with Gasteiger partial charge in [-0.15, -0.1) is 0 Å². The summed E-state index contributed by atoms with van der Waals surface area (Å²) in [5.41, 5.74) is 8.14. The van der Waals surface area contributed by atoms with Crippen LogP contribution in [0.15, 0.2) is 4.99 Å². The van der Waals surface area contributed by atoms with E-state index in [9.17, 15) is 18.0 Å². The van der Waals surface area contributed by atoms with Gasteiger partial charge in [0.25, 0.3) is 0 Å². The van der Waals surface area contributed by atoms with Crippen LogP contribution in [-0.4, -0.2) is 59.2 Å². The van der Waals surface area contributed by atoms with Gasteiger partial charge in [0.05, 0.1) is 6.67 Å². The summed E-state index contributed by atoms with van der Waals surface area (Å²) in [6.45, 7) is 4.18. The molecule has 11 heteroatoms. The topological polar surface area (TPSA) is 156 Å². The van der Waals surface area contributed by atoms with Crippen molar-refractivity contribution < 1.29 is 31.8 Å². The number of carbonyl (C=O) groups is 1. The van der Waals surface area contributed by atoms with Crippen LogP contribution in [0.4, 0.5) is 18.0 Å². The van der Waals surface area contributed by atoms with E-state index in [1.54, 1.807) is 0 Å². The summed E-state index contributed by atoms with van der Waals surface area (Å²) in [6.07, 6.45) is 2.57. The Morgan fingerprint density at radius 2 is 1.66 bits per heavy atom. The summed E-state index contributed by atoms with van der Waals surface area (Å²) in [5.74, 6) is -0.364. The number of nitrogens with two attached hydrogens (primary N) is 2. The van der Waals surface area contributed by atoms with E-state index in [0.29, 0.717) is 12.5 Å². The number of alkyl halides is 3. The van der Waals surface area contributed by atoms with Gasteiger partial charge in [-0.05, 0) is 38.1 Å². The molecular formula is C18H45F3N4O3S. The predicted molar refractivity (Wildman–Crippen MR) is 122 cm³/mol. The molecule has 1 saturated carbocycles. The molecule has 0 spiro atoms. The smallest absolute Gasteiger partial charge is 0.342 e. The predicted octanol–water partition coefficient (Wildman–Crippen LogP) is 2.80. The van der Waals surface area contributed by atoms with Gasteiger partial charge in [-0.25, -0.2) is 13.6 Å². The van der Waals surface area contributed by atoms with Crippen LogP contribution in [0.1, 0.15) is 63.2 Å². The lowest BCUT2D eigenvalue weighted by atomic mass is 9.86. The van der Waals surface area contributed by atoms with E-state index in [-0.39, 0.29) is 32.0 Å². The van der Waals surface area contributed by atoms with Gasteiger partial charge in [-0.3, -0.25) is 4.39 Å². The first-order valence-electron chi connectivity index (χ1n) is 8.83. The summed E-state index contributed by atoms with van der Waals surface area (Å²) in [5, 5.41) is 2.60. The fourth-order valence-corrected chi connectivity index (χ4v) is 2.37. The van der Waals surface area contributed by atoms with E-state index in [1.807, 2.05) is 0 Å². The second-order valence-electron chi connectivity index (χ2n) is 7.61. The molecule has 2 amide bonds. The van der Waals surface area contributed by atoms with Crippen LogP contribution in [0, 0.1) is 5.92 Å². The lowest BCUT2D eigenvalue weighted by molar-refractivity contribution is 0.169. The SMILES string of the molecule is C.CC(C)(C)S.NCC1CCC(NC(=O)/N=C(\N)C(F)(CF)CCF)CC1.O.O.[HH].[HH]. The van der Waals surface area contributed by atoms with E-state index in [1.165, 1.54) is 0 Å². The van der Waals surface area contributed by atoms with Gasteiger partial charge in [0.2, 0.25) is 0 Å². The van der Waals surface area contributed by atoms with Gasteiger partial charge in [0.1, 0.15) is 12.5 Å². The maximum atomic E-state index is 13.9. The monoisotopic (exact) mass is 454 g/mol. The highest BCUT2D eigenvalue weighted by atomic mass is 32.1. The number of halogens is 3. The molecule has 0 heterocycles. The zero-order valence-electron chi connectivity index (χ0n) is 16.9. The second kappa shape index (κ2) is 16.7. The molecule has 1 rings (SSSR count). The Morgan fingerprint density at radius 1 is 1.21 bits per heavy atom. The summed E-state index contributed by atoms with van der Waals surface area (Å²) < 4.78 is 38.9. The number of urea groups is 1. The highest BCUT2D eigenvalue weighted by Crippen LogP contribution is 2.23. The average molecular weight is 455 g/mol. The standard InChI is InChI=1S/C13H23F3N4O.C4H10S.CH4.2H2O.2H2/c14-6-5-13(16,8-15)11(18)20-12(21)19-10-3-1-9(7-17)2-4-10;1-4(2,3)5;;;;;/h9-10H,1-8,17H2,(H3,18,19,20,21);5H,1-3H3;1H4;2*1H2;2*1H. The molecule has 29 heavy (non-hydrogen) atoms. The van der Waals surface area contributed by atoms with Crippen LogP contribution in [0.5, 0.6) is 0 Å². The number of hydrogen-bond acceptors (Lipinski definition) is 3. The molecule has 7 nitrogen and oxygen atoms in total. The van der Waals surface area contributed by atoms with Gasteiger partial charge in [0, 0.05) is 20.1 Å². The minimum atomic E-state index is -2.72. The molecule has 1 fully saturated rings. The van der Waals surface area contributed by atoms with Gasteiger partial charge >= 0.3 is 6.03 Å². The van der Waals surface area contributed by atoms with Gasteiger partial charge in [-0.2, -0.15) is 17.6 Å². The highest BCUT2D eigenvalue weighted by molar-refractivity contribution is 7.81. The highest BCUT2D eigenvalue weighted by Gasteiger charge is 2.35. The normalized spacial score (nSPS) is 21.0. The third-order valence-electron chi connectivity index (χ3n) is 3.89. The first-order valence-corrected chi connectivity index (χ1v) is 9.28. The number of amides is 2. The molecule has 0 aliphatic heterocycles. The Bertz CT molecular complexity index is 465. The van der Waals surface area contributed by atoms with E-state index in [0.717, 1.165) is 25.7 Å². The van der Waals surface area contributed by atoms with Gasteiger partial charge < -0.3 is 27.7 Å². The summed E-state index contributed by atoms with van der Waals surface area (Å²) in [6, 6.07) is -0.893. The first kappa shape index (κ1) is 35.4. The fourth-order valence-electron chi connectivity index (χ4n) is 2.37. The molecule has 9 N–H and O–H groups in total. The van der Waals surface area contributed by atoms with Crippen LogP contribution < -0.4 is 16.8 Å². The summed E-state index contributed by atoms with van der Waals surface area (Å²) in [7, 11) is 0. The summed E-state index contributed by atoms with van der Waals surface area (Å²) >= 11 is 4.12. The van der Waals surface area contributed by atoms with Crippen molar-refractivity contribution in [3.05, 3.63) is 0 Å². The number of thiol groups is 1. The average Bonchev–Trinajstić information content (AvgIpc) is 2.54. The zero-order chi connectivity index (χ0) is 20.4. The quantitative estimate of drug-likeness (QED) is 0.277. The molecule has 0 saturated heterocycles. The van der Waals surface area contributed by atoms with Crippen molar-refractivity contribution in [1.29, 1.82) is 0 Å². The third kappa shape index (κ3) is 16.4. The van der Waals surface area contributed by atoms with Gasteiger partial charge in [-0.1, -0.05) is 28.2 Å². The molecule has 0 radical (unpaired) electrons. The van der Waals surface area contributed by atoms with E-state index in [2.05, 4.69) is 43.7 Å². The largest absolute Gasteiger partial charge is 0.412 e. The number of amidine groups is 1. The molecule has 1 atom stereocenters. The zero-order valence-corrected chi connectivity index (χ0v) is 17.8. The molecule has 182 valence electrons. The number of hydrogen-bond donors (Lipinski definition) is 4. The first-order chi connectivity index (χ1) is 11.9. The molecule has 1 aliphatic carbocycles. The maximum Gasteiger partial charge on any atom is 0.342 e. The number of aliphatic imine (C=N–C) groups is 1. The maximum absolute atomic E-state index is 13.9. The van der Waals surface area contributed by atoms with Crippen molar-refractivity contribution in [3.8, 4) is 0 Å². The van der Waals surface area contributed by atoms with E-state index < -0.39 is 37.3 Å².